The predicted molar refractivity (Wildman–Crippen MR) is 69.6 cm³/mol. The molecule has 1 heterocycles. The molecule has 1 N–H and O–H groups in total. The largest absolute Gasteiger partial charge is 0.309 e. The molecule has 2 atom stereocenters. The van der Waals surface area contributed by atoms with Crippen molar-refractivity contribution in [2.24, 2.45) is 11.3 Å². The Labute approximate surface area is 101 Å². The van der Waals surface area contributed by atoms with Crippen LogP contribution < -0.4 is 5.32 Å². The van der Waals surface area contributed by atoms with Crippen LogP contribution in [0.5, 0.6) is 0 Å². The molecule has 2 rings (SSSR count). The van der Waals surface area contributed by atoms with E-state index in [2.05, 4.69) is 44.8 Å². The number of nitrogens with one attached hydrogen (secondary N) is 1. The Morgan fingerprint density at radius 1 is 1.31 bits per heavy atom. The predicted octanol–water partition coefficient (Wildman–Crippen LogP) is 2.49. The second-order valence-electron chi connectivity index (χ2n) is 7.13. The van der Waals surface area contributed by atoms with Gasteiger partial charge in [-0.25, -0.2) is 0 Å². The summed E-state index contributed by atoms with van der Waals surface area (Å²) in [4.78, 5) is 2.69. The van der Waals surface area contributed by atoms with E-state index >= 15 is 0 Å². The first kappa shape index (κ1) is 12.4. The summed E-state index contributed by atoms with van der Waals surface area (Å²) in [5, 5.41) is 3.75. The van der Waals surface area contributed by atoms with Crippen LogP contribution in [0.4, 0.5) is 0 Å². The maximum Gasteiger partial charge on any atom is 0.0309 e. The highest BCUT2D eigenvalue weighted by molar-refractivity contribution is 5.03. The lowest BCUT2D eigenvalue weighted by Gasteiger charge is -2.47. The van der Waals surface area contributed by atoms with E-state index in [9.17, 15) is 0 Å². The molecule has 2 aliphatic rings. The van der Waals surface area contributed by atoms with E-state index in [0.717, 1.165) is 12.5 Å². The fourth-order valence-corrected chi connectivity index (χ4v) is 2.91. The summed E-state index contributed by atoms with van der Waals surface area (Å²) in [5.41, 5.74) is 0.777. The summed E-state index contributed by atoms with van der Waals surface area (Å²) in [6, 6.07) is 0.674. The molecule has 0 aromatic rings. The molecule has 2 unspecified atom stereocenters. The van der Waals surface area contributed by atoms with Gasteiger partial charge >= 0.3 is 0 Å². The van der Waals surface area contributed by atoms with Crippen LogP contribution in [0.1, 0.15) is 47.5 Å². The molecule has 16 heavy (non-hydrogen) atoms. The van der Waals surface area contributed by atoms with Gasteiger partial charge in [0, 0.05) is 31.2 Å². The minimum Gasteiger partial charge on any atom is -0.309 e. The molecule has 0 bridgehead atoms. The topological polar surface area (TPSA) is 15.3 Å². The standard InChI is InChI=1S/C14H28N2/c1-11(13(2,3)4)16-9-8-15-14(5,10-16)12-6-7-12/h11-12,15H,6-10H2,1-5H3. The van der Waals surface area contributed by atoms with Crippen molar-refractivity contribution in [3.8, 4) is 0 Å². The minimum absolute atomic E-state index is 0.387. The van der Waals surface area contributed by atoms with Gasteiger partial charge in [-0.2, -0.15) is 0 Å². The number of hydrogen-bond acceptors (Lipinski definition) is 2. The van der Waals surface area contributed by atoms with Gasteiger partial charge in [0.25, 0.3) is 0 Å². The van der Waals surface area contributed by atoms with Crippen LogP contribution in [0.2, 0.25) is 0 Å². The van der Waals surface area contributed by atoms with Crippen LogP contribution in [-0.2, 0) is 0 Å². The number of rotatable bonds is 2. The second-order valence-corrected chi connectivity index (χ2v) is 7.13. The van der Waals surface area contributed by atoms with E-state index in [0.29, 0.717) is 17.0 Å². The minimum atomic E-state index is 0.387. The maximum atomic E-state index is 3.75. The van der Waals surface area contributed by atoms with E-state index in [1.807, 2.05) is 0 Å². The molecule has 2 heteroatoms. The molecule has 2 nitrogen and oxygen atoms in total. The summed E-state index contributed by atoms with van der Waals surface area (Å²) >= 11 is 0. The average Bonchev–Trinajstić information content (AvgIpc) is 2.98. The molecular weight excluding hydrogens is 196 g/mol. The molecule has 0 amide bonds. The van der Waals surface area contributed by atoms with Crippen molar-refractivity contribution < 1.29 is 0 Å². The molecular formula is C14H28N2. The number of nitrogens with zero attached hydrogens (tertiary/aromatic N) is 1. The lowest BCUT2D eigenvalue weighted by Crippen LogP contribution is -2.63. The normalized spacial score (nSPS) is 35.1. The molecule has 94 valence electrons. The lowest BCUT2D eigenvalue weighted by atomic mass is 9.84. The SMILES string of the molecule is CC(N1CCNC(C)(C2CC2)C1)C(C)(C)C. The zero-order valence-electron chi connectivity index (χ0n) is 11.6. The van der Waals surface area contributed by atoms with Crippen LogP contribution in [0.3, 0.4) is 0 Å². The fraction of sp³-hybridized carbons (Fsp3) is 1.00. The van der Waals surface area contributed by atoms with Crippen molar-refractivity contribution in [2.45, 2.75) is 59.0 Å². The quantitative estimate of drug-likeness (QED) is 0.775. The third kappa shape index (κ3) is 2.43. The first-order valence-electron chi connectivity index (χ1n) is 6.82. The Kier molecular flexibility index (Phi) is 3.09. The summed E-state index contributed by atoms with van der Waals surface area (Å²) in [6.45, 7) is 15.5. The highest BCUT2D eigenvalue weighted by atomic mass is 15.2. The first-order valence-corrected chi connectivity index (χ1v) is 6.82. The van der Waals surface area contributed by atoms with Gasteiger partial charge in [0.1, 0.15) is 0 Å². The molecule has 1 saturated carbocycles. The highest BCUT2D eigenvalue weighted by Crippen LogP contribution is 2.41. The van der Waals surface area contributed by atoms with Crippen molar-refractivity contribution in [1.29, 1.82) is 0 Å². The monoisotopic (exact) mass is 224 g/mol. The molecule has 1 saturated heterocycles. The van der Waals surface area contributed by atoms with Gasteiger partial charge in [-0.05, 0) is 38.0 Å². The highest BCUT2D eigenvalue weighted by Gasteiger charge is 2.45. The van der Waals surface area contributed by atoms with Crippen LogP contribution in [0.15, 0.2) is 0 Å². The van der Waals surface area contributed by atoms with E-state index < -0.39 is 0 Å². The van der Waals surface area contributed by atoms with E-state index in [1.165, 1.54) is 25.9 Å². The van der Waals surface area contributed by atoms with Crippen molar-refractivity contribution in [3.63, 3.8) is 0 Å². The third-order valence-corrected chi connectivity index (χ3v) is 4.74. The molecule has 0 aromatic heterocycles. The molecule has 0 radical (unpaired) electrons. The summed E-state index contributed by atoms with van der Waals surface area (Å²) in [5.74, 6) is 0.933. The summed E-state index contributed by atoms with van der Waals surface area (Å²) in [7, 11) is 0. The van der Waals surface area contributed by atoms with Crippen LogP contribution >= 0.6 is 0 Å². The summed E-state index contributed by atoms with van der Waals surface area (Å²) < 4.78 is 0. The van der Waals surface area contributed by atoms with Crippen molar-refractivity contribution in [1.82, 2.24) is 10.2 Å². The lowest BCUT2D eigenvalue weighted by molar-refractivity contribution is 0.0470. The second kappa shape index (κ2) is 3.99. The smallest absolute Gasteiger partial charge is 0.0309 e. The van der Waals surface area contributed by atoms with Gasteiger partial charge in [-0.15, -0.1) is 0 Å². The van der Waals surface area contributed by atoms with Gasteiger partial charge in [0.15, 0.2) is 0 Å². The fourth-order valence-electron chi connectivity index (χ4n) is 2.91. The van der Waals surface area contributed by atoms with Crippen molar-refractivity contribution in [3.05, 3.63) is 0 Å². The Hall–Kier alpha value is -0.0800. The van der Waals surface area contributed by atoms with Crippen LogP contribution in [0.25, 0.3) is 0 Å². The van der Waals surface area contributed by atoms with Crippen LogP contribution in [-0.4, -0.2) is 36.1 Å². The van der Waals surface area contributed by atoms with E-state index in [-0.39, 0.29) is 0 Å². The maximum absolute atomic E-state index is 3.75. The number of piperazine rings is 1. The zero-order valence-corrected chi connectivity index (χ0v) is 11.6. The molecule has 1 aliphatic heterocycles. The summed E-state index contributed by atoms with van der Waals surface area (Å²) in [6.07, 6.45) is 2.86. The van der Waals surface area contributed by atoms with Gasteiger partial charge in [-0.3, -0.25) is 4.90 Å². The molecule has 1 aliphatic carbocycles. The number of hydrogen-bond donors (Lipinski definition) is 1. The Balaban J connectivity index is 2.01. The van der Waals surface area contributed by atoms with Gasteiger partial charge in [0.2, 0.25) is 0 Å². The van der Waals surface area contributed by atoms with Gasteiger partial charge < -0.3 is 5.32 Å². The Morgan fingerprint density at radius 3 is 2.44 bits per heavy atom. The van der Waals surface area contributed by atoms with E-state index in [1.54, 1.807) is 0 Å². The average molecular weight is 224 g/mol. The first-order chi connectivity index (χ1) is 7.33. The van der Waals surface area contributed by atoms with Crippen molar-refractivity contribution in [2.75, 3.05) is 19.6 Å². The molecule has 2 fully saturated rings. The van der Waals surface area contributed by atoms with Gasteiger partial charge in [-0.1, -0.05) is 20.8 Å². The van der Waals surface area contributed by atoms with E-state index in [4.69, 9.17) is 0 Å². The Morgan fingerprint density at radius 2 is 1.94 bits per heavy atom. The van der Waals surface area contributed by atoms with Crippen molar-refractivity contribution >= 4 is 0 Å². The zero-order chi connectivity index (χ0) is 12.0. The van der Waals surface area contributed by atoms with Gasteiger partial charge in [0.05, 0.1) is 0 Å². The third-order valence-electron chi connectivity index (χ3n) is 4.74. The Bertz CT molecular complexity index is 252. The molecule has 0 aromatic carbocycles. The van der Waals surface area contributed by atoms with Crippen LogP contribution in [0, 0.1) is 11.3 Å². The molecule has 0 spiro atoms.